The molecule has 0 unspecified atom stereocenters. The van der Waals surface area contributed by atoms with Gasteiger partial charge in [0.1, 0.15) is 5.60 Å². The van der Waals surface area contributed by atoms with Gasteiger partial charge in [0.15, 0.2) is 5.41 Å². The molecule has 0 aromatic heterocycles. The van der Waals surface area contributed by atoms with E-state index in [4.69, 9.17) is 4.74 Å². The van der Waals surface area contributed by atoms with E-state index in [2.05, 4.69) is 30.3 Å². The molecule has 0 radical (unpaired) electrons. The Hall–Kier alpha value is -3.05. The molecular weight excluding hydrogens is 374 g/mol. The lowest BCUT2D eigenvalue weighted by molar-refractivity contribution is 0.0106. The van der Waals surface area contributed by atoms with Crippen LogP contribution in [0.4, 0.5) is 4.79 Å². The minimum Gasteiger partial charge on any atom is -0.444 e. The van der Waals surface area contributed by atoms with Crippen LogP contribution in [-0.4, -0.2) is 28.7 Å². The molecule has 5 nitrogen and oxygen atoms in total. The highest BCUT2D eigenvalue weighted by atomic mass is 16.6. The third-order valence-electron chi connectivity index (χ3n) is 6.44. The maximum absolute atomic E-state index is 13.1. The summed E-state index contributed by atoms with van der Waals surface area (Å²) in [5.74, 6) is -0.133. The Morgan fingerprint density at radius 3 is 2.50 bits per heavy atom. The molecular formula is C25H27N3O2. The van der Waals surface area contributed by atoms with Gasteiger partial charge in [-0.1, -0.05) is 48.6 Å². The molecule has 1 aromatic carbocycles. The molecule has 30 heavy (non-hydrogen) atoms. The number of hydrogen-bond acceptors (Lipinski definition) is 4. The fraction of sp³-hybridized carbons (Fsp3) is 0.480. The Labute approximate surface area is 178 Å². The van der Waals surface area contributed by atoms with Crippen molar-refractivity contribution in [1.82, 2.24) is 4.90 Å². The summed E-state index contributed by atoms with van der Waals surface area (Å²) in [7, 11) is 0. The first kappa shape index (κ1) is 20.2. The topological polar surface area (TPSA) is 77.1 Å². The first-order chi connectivity index (χ1) is 14.3. The number of amides is 1. The van der Waals surface area contributed by atoms with Crippen molar-refractivity contribution in [2.45, 2.75) is 63.6 Å². The quantitative estimate of drug-likeness (QED) is 0.614. The molecule has 2 heterocycles. The minimum absolute atomic E-state index is 0.00462. The molecule has 4 rings (SSSR count). The van der Waals surface area contributed by atoms with Crippen molar-refractivity contribution < 1.29 is 9.53 Å². The van der Waals surface area contributed by atoms with Gasteiger partial charge < -0.3 is 4.74 Å². The zero-order chi connectivity index (χ0) is 21.5. The first-order valence-electron chi connectivity index (χ1n) is 10.6. The van der Waals surface area contributed by atoms with E-state index in [9.17, 15) is 15.3 Å². The van der Waals surface area contributed by atoms with Gasteiger partial charge in [-0.3, -0.25) is 4.90 Å². The fourth-order valence-electron chi connectivity index (χ4n) is 5.22. The molecule has 154 valence electrons. The Kier molecular flexibility index (Phi) is 4.94. The number of carbonyl (C=O) groups is 1. The number of fused-ring (bicyclic) bond motifs is 4. The molecule has 1 fully saturated rings. The second-order valence-corrected chi connectivity index (χ2v) is 9.45. The Balaban J connectivity index is 1.83. The number of nitriles is 2. The smallest absolute Gasteiger partial charge is 0.411 e. The number of ether oxygens (including phenoxy) is 1. The van der Waals surface area contributed by atoms with Gasteiger partial charge in [0.2, 0.25) is 0 Å². The van der Waals surface area contributed by atoms with Gasteiger partial charge >= 0.3 is 6.09 Å². The highest BCUT2D eigenvalue weighted by Gasteiger charge is 2.54. The first-order valence-corrected chi connectivity index (χ1v) is 10.6. The van der Waals surface area contributed by atoms with Crippen molar-refractivity contribution in [2.75, 3.05) is 0 Å². The second kappa shape index (κ2) is 7.33. The van der Waals surface area contributed by atoms with Crippen LogP contribution in [0.15, 0.2) is 54.1 Å². The lowest BCUT2D eigenvalue weighted by Crippen LogP contribution is -2.52. The lowest BCUT2D eigenvalue weighted by atomic mass is 9.67. The van der Waals surface area contributed by atoms with Gasteiger partial charge in [-0.2, -0.15) is 10.5 Å². The lowest BCUT2D eigenvalue weighted by Gasteiger charge is -2.44. The van der Waals surface area contributed by atoms with E-state index >= 15 is 0 Å². The molecule has 0 saturated carbocycles. The van der Waals surface area contributed by atoms with Crippen molar-refractivity contribution in [3.8, 4) is 12.1 Å². The van der Waals surface area contributed by atoms with Crippen molar-refractivity contribution in [3.63, 3.8) is 0 Å². The van der Waals surface area contributed by atoms with Crippen molar-refractivity contribution >= 4 is 6.09 Å². The average Bonchev–Trinajstić information content (AvgIpc) is 2.93. The summed E-state index contributed by atoms with van der Waals surface area (Å²) in [4.78, 5) is 15.0. The van der Waals surface area contributed by atoms with Crippen LogP contribution in [0.5, 0.6) is 0 Å². The molecule has 4 atom stereocenters. The Morgan fingerprint density at radius 1 is 1.17 bits per heavy atom. The van der Waals surface area contributed by atoms with Crippen molar-refractivity contribution in [2.24, 2.45) is 11.3 Å². The third kappa shape index (κ3) is 3.29. The standard InChI is InChI=1S/C25H27N3O2/c1-24(2,3)30-23(29)28-18-11-12-21(28)22-19(17-8-5-4-6-9-17)10-7-13-25(15-26,16-27)20(22)14-18/h4-10,14,18-19,21-22H,11-13H2,1-3H3/t18-,19-,21+,22-/m0/s1. The molecule has 5 heteroatoms. The largest absolute Gasteiger partial charge is 0.444 e. The SMILES string of the molecule is CC(C)(C)OC(=O)N1[C@@H]2C=C3[C@@H]([C@H]1CC2)[C@H](c1ccccc1)C=CCC3(C#N)C#N. The highest BCUT2D eigenvalue weighted by Crippen LogP contribution is 2.53. The van der Waals surface area contributed by atoms with Crippen LogP contribution < -0.4 is 0 Å². The number of rotatable bonds is 1. The summed E-state index contributed by atoms with van der Waals surface area (Å²) < 4.78 is 5.72. The molecule has 0 spiro atoms. The van der Waals surface area contributed by atoms with Crippen LogP contribution in [-0.2, 0) is 4.74 Å². The second-order valence-electron chi connectivity index (χ2n) is 9.45. The summed E-state index contributed by atoms with van der Waals surface area (Å²) in [6.07, 6.45) is 7.82. The molecule has 1 aliphatic carbocycles. The predicted octanol–water partition coefficient (Wildman–Crippen LogP) is 5.09. The van der Waals surface area contributed by atoms with Crippen LogP contribution in [0.3, 0.4) is 0 Å². The third-order valence-corrected chi connectivity index (χ3v) is 6.44. The predicted molar refractivity (Wildman–Crippen MR) is 113 cm³/mol. The van der Waals surface area contributed by atoms with Crippen LogP contribution in [0.2, 0.25) is 0 Å². The summed E-state index contributed by atoms with van der Waals surface area (Å²) in [6.45, 7) is 5.61. The summed E-state index contributed by atoms with van der Waals surface area (Å²) in [5.41, 5.74) is 0.238. The van der Waals surface area contributed by atoms with Gasteiger partial charge in [0.05, 0.1) is 18.2 Å². The number of hydrogen-bond donors (Lipinski definition) is 0. The molecule has 1 amide bonds. The number of carbonyl (C=O) groups excluding carboxylic acids is 1. The van der Waals surface area contributed by atoms with Gasteiger partial charge in [0, 0.05) is 24.3 Å². The van der Waals surface area contributed by atoms with Crippen LogP contribution >= 0.6 is 0 Å². The van der Waals surface area contributed by atoms with E-state index in [0.717, 1.165) is 24.0 Å². The van der Waals surface area contributed by atoms with E-state index in [1.165, 1.54) is 0 Å². The van der Waals surface area contributed by atoms with Crippen molar-refractivity contribution in [3.05, 3.63) is 59.7 Å². The average molecular weight is 402 g/mol. The van der Waals surface area contributed by atoms with E-state index in [1.807, 2.05) is 56.0 Å². The van der Waals surface area contributed by atoms with Crippen LogP contribution in [0, 0.1) is 34.0 Å². The maximum Gasteiger partial charge on any atom is 0.411 e. The number of allylic oxidation sites excluding steroid dienone is 2. The Morgan fingerprint density at radius 2 is 1.87 bits per heavy atom. The van der Waals surface area contributed by atoms with Gasteiger partial charge in [-0.15, -0.1) is 0 Å². The Bertz CT molecular complexity index is 960. The molecule has 2 aliphatic heterocycles. The monoisotopic (exact) mass is 401 g/mol. The summed E-state index contributed by atoms with van der Waals surface area (Å²) >= 11 is 0. The number of nitrogens with zero attached hydrogens (tertiary/aromatic N) is 3. The van der Waals surface area contributed by atoms with E-state index in [0.29, 0.717) is 6.42 Å². The van der Waals surface area contributed by atoms with Gasteiger partial charge in [0.25, 0.3) is 0 Å². The fourth-order valence-corrected chi connectivity index (χ4v) is 5.22. The number of benzene rings is 1. The van der Waals surface area contributed by atoms with E-state index in [-0.39, 0.29) is 30.0 Å². The zero-order valence-electron chi connectivity index (χ0n) is 17.7. The van der Waals surface area contributed by atoms with E-state index < -0.39 is 11.0 Å². The van der Waals surface area contributed by atoms with Crippen LogP contribution in [0.1, 0.15) is 51.5 Å². The molecule has 1 saturated heterocycles. The van der Waals surface area contributed by atoms with E-state index in [1.54, 1.807) is 0 Å². The van der Waals surface area contributed by atoms with Crippen molar-refractivity contribution in [1.29, 1.82) is 10.5 Å². The van der Waals surface area contributed by atoms with Gasteiger partial charge in [-0.25, -0.2) is 4.79 Å². The maximum atomic E-state index is 13.1. The summed E-state index contributed by atoms with van der Waals surface area (Å²) in [6, 6.07) is 14.6. The molecule has 3 aliphatic rings. The molecule has 0 N–H and O–H groups in total. The molecule has 2 bridgehead atoms. The van der Waals surface area contributed by atoms with Crippen LogP contribution in [0.25, 0.3) is 0 Å². The highest BCUT2D eigenvalue weighted by molar-refractivity contribution is 5.71. The van der Waals surface area contributed by atoms with Gasteiger partial charge in [-0.05, 0) is 44.7 Å². The minimum atomic E-state index is -1.19. The summed E-state index contributed by atoms with van der Waals surface area (Å²) in [5, 5.41) is 20.1. The molecule has 1 aromatic rings. The normalized spacial score (nSPS) is 29.1. The zero-order valence-corrected chi connectivity index (χ0v) is 17.7.